The van der Waals surface area contributed by atoms with Crippen LogP contribution in [0.3, 0.4) is 0 Å². The van der Waals surface area contributed by atoms with Gasteiger partial charge >= 0.3 is 0 Å². The van der Waals surface area contributed by atoms with Crippen molar-refractivity contribution in [3.05, 3.63) is 90.8 Å². The minimum absolute atomic E-state index is 0.0215. The molecule has 0 saturated carbocycles. The summed E-state index contributed by atoms with van der Waals surface area (Å²) in [6, 6.07) is 19.0. The summed E-state index contributed by atoms with van der Waals surface area (Å²) in [5.74, 6) is 2.50. The molecule has 1 saturated heterocycles. The fourth-order valence-electron chi connectivity index (χ4n) is 4.24. The van der Waals surface area contributed by atoms with Gasteiger partial charge in [-0.15, -0.1) is 0 Å². The standard InChI is InChI=1S/C26H25N5O3/c1-19-27-13-14-31(19)23-17-24(29-18-28-23)34-22-9-7-21(8-10-22)30-25(32)26(11-15-33-16-12-26)20-5-3-2-4-6-20/h2-10,13-14,17-18H,11-12,15-16H2,1H3,(H,30,32). The topological polar surface area (TPSA) is 91.2 Å². The van der Waals surface area contributed by atoms with Crippen LogP contribution in [0.4, 0.5) is 5.69 Å². The van der Waals surface area contributed by atoms with Gasteiger partial charge in [0.25, 0.3) is 0 Å². The summed E-state index contributed by atoms with van der Waals surface area (Å²) in [5, 5.41) is 3.09. The number of carbonyl (C=O) groups is 1. The average molecular weight is 456 g/mol. The quantitative estimate of drug-likeness (QED) is 0.462. The first kappa shape index (κ1) is 21.8. The number of hydrogen-bond donors (Lipinski definition) is 1. The number of imidazole rings is 1. The molecule has 0 unspecified atom stereocenters. The molecule has 34 heavy (non-hydrogen) atoms. The van der Waals surface area contributed by atoms with Crippen molar-refractivity contribution in [3.63, 3.8) is 0 Å². The van der Waals surface area contributed by atoms with Crippen LogP contribution < -0.4 is 10.1 Å². The second-order valence-corrected chi connectivity index (χ2v) is 8.20. The summed E-state index contributed by atoms with van der Waals surface area (Å²) in [5.41, 5.74) is 1.12. The predicted molar refractivity (Wildman–Crippen MR) is 127 cm³/mol. The van der Waals surface area contributed by atoms with Gasteiger partial charge in [0.1, 0.15) is 23.7 Å². The molecule has 0 radical (unpaired) electrons. The van der Waals surface area contributed by atoms with Gasteiger partial charge in [-0.1, -0.05) is 30.3 Å². The fourth-order valence-corrected chi connectivity index (χ4v) is 4.24. The third-order valence-corrected chi connectivity index (χ3v) is 6.14. The third kappa shape index (κ3) is 4.40. The second kappa shape index (κ2) is 9.44. The van der Waals surface area contributed by atoms with Gasteiger partial charge in [-0.2, -0.15) is 0 Å². The van der Waals surface area contributed by atoms with Gasteiger partial charge in [0.05, 0.1) is 5.41 Å². The van der Waals surface area contributed by atoms with E-state index in [0.29, 0.717) is 49.2 Å². The number of nitrogens with zero attached hydrogens (tertiary/aromatic N) is 4. The highest BCUT2D eigenvalue weighted by molar-refractivity contribution is 5.99. The maximum atomic E-state index is 13.4. The van der Waals surface area contributed by atoms with Gasteiger partial charge in [-0.25, -0.2) is 15.0 Å². The average Bonchev–Trinajstić information content (AvgIpc) is 3.32. The van der Waals surface area contributed by atoms with Gasteiger partial charge < -0.3 is 14.8 Å². The zero-order valence-electron chi connectivity index (χ0n) is 18.8. The van der Waals surface area contributed by atoms with Gasteiger partial charge in [0.2, 0.25) is 11.8 Å². The zero-order valence-corrected chi connectivity index (χ0v) is 18.8. The van der Waals surface area contributed by atoms with Crippen molar-refractivity contribution in [2.45, 2.75) is 25.2 Å². The lowest BCUT2D eigenvalue weighted by atomic mass is 9.73. The highest BCUT2D eigenvalue weighted by Gasteiger charge is 2.41. The normalized spacial score (nSPS) is 15.0. The predicted octanol–water partition coefficient (Wildman–Crippen LogP) is 4.45. The molecule has 2 aromatic carbocycles. The number of rotatable bonds is 6. The lowest BCUT2D eigenvalue weighted by molar-refractivity contribution is -0.125. The summed E-state index contributed by atoms with van der Waals surface area (Å²) < 4.78 is 13.3. The Morgan fingerprint density at radius 2 is 1.79 bits per heavy atom. The molecule has 8 heteroatoms. The van der Waals surface area contributed by atoms with E-state index in [1.807, 2.05) is 60.2 Å². The molecule has 8 nitrogen and oxygen atoms in total. The van der Waals surface area contributed by atoms with Crippen molar-refractivity contribution in [1.82, 2.24) is 19.5 Å². The molecule has 4 aromatic rings. The highest BCUT2D eigenvalue weighted by atomic mass is 16.5. The molecule has 172 valence electrons. The van der Waals surface area contributed by atoms with Crippen LogP contribution in [-0.2, 0) is 14.9 Å². The molecule has 1 amide bonds. The van der Waals surface area contributed by atoms with Crippen molar-refractivity contribution < 1.29 is 14.3 Å². The molecule has 1 aliphatic heterocycles. The Morgan fingerprint density at radius 3 is 2.50 bits per heavy atom. The Hall–Kier alpha value is -4.04. The lowest BCUT2D eigenvalue weighted by Gasteiger charge is -2.36. The summed E-state index contributed by atoms with van der Waals surface area (Å²) in [7, 11) is 0. The number of ether oxygens (including phenoxy) is 2. The van der Waals surface area contributed by atoms with Gasteiger partial charge in [0, 0.05) is 37.4 Å². The van der Waals surface area contributed by atoms with Crippen molar-refractivity contribution in [3.8, 4) is 17.4 Å². The fraction of sp³-hybridized carbons (Fsp3) is 0.231. The summed E-state index contributed by atoms with van der Waals surface area (Å²) in [6.07, 6.45) is 6.30. The number of aryl methyl sites for hydroxylation is 1. The second-order valence-electron chi connectivity index (χ2n) is 8.20. The first-order valence-electron chi connectivity index (χ1n) is 11.2. The first-order valence-corrected chi connectivity index (χ1v) is 11.2. The van der Waals surface area contributed by atoms with E-state index < -0.39 is 5.41 Å². The Morgan fingerprint density at radius 1 is 1.03 bits per heavy atom. The molecule has 0 aliphatic carbocycles. The van der Waals surface area contributed by atoms with Crippen molar-refractivity contribution in [1.29, 1.82) is 0 Å². The van der Waals surface area contributed by atoms with E-state index in [-0.39, 0.29) is 5.91 Å². The molecule has 1 aliphatic rings. The number of benzene rings is 2. The molecule has 1 fully saturated rings. The number of anilines is 1. The maximum Gasteiger partial charge on any atom is 0.235 e. The molecular formula is C26H25N5O3. The molecular weight excluding hydrogens is 430 g/mol. The molecule has 3 heterocycles. The van der Waals surface area contributed by atoms with E-state index in [4.69, 9.17) is 9.47 Å². The summed E-state index contributed by atoms with van der Waals surface area (Å²) in [4.78, 5) is 26.1. The minimum Gasteiger partial charge on any atom is -0.439 e. The van der Waals surface area contributed by atoms with Crippen molar-refractivity contribution in [2.24, 2.45) is 0 Å². The number of hydrogen-bond acceptors (Lipinski definition) is 6. The number of aromatic nitrogens is 4. The Labute approximate surface area is 197 Å². The minimum atomic E-state index is -0.600. The molecule has 5 rings (SSSR count). The lowest BCUT2D eigenvalue weighted by Crippen LogP contribution is -2.44. The zero-order chi connectivity index (χ0) is 23.4. The molecule has 1 N–H and O–H groups in total. The maximum absolute atomic E-state index is 13.4. The monoisotopic (exact) mass is 455 g/mol. The largest absolute Gasteiger partial charge is 0.439 e. The Bertz CT molecular complexity index is 1270. The molecule has 0 atom stereocenters. The van der Waals surface area contributed by atoms with E-state index in [0.717, 1.165) is 11.4 Å². The molecule has 0 bridgehead atoms. The SMILES string of the molecule is Cc1nccn1-c1cc(Oc2ccc(NC(=O)C3(c4ccccc4)CCOCC3)cc2)ncn1. The summed E-state index contributed by atoms with van der Waals surface area (Å²) >= 11 is 0. The van der Waals surface area contributed by atoms with E-state index in [2.05, 4.69) is 20.3 Å². The van der Waals surface area contributed by atoms with Gasteiger partial charge in [-0.3, -0.25) is 9.36 Å². The molecule has 0 spiro atoms. The van der Waals surface area contributed by atoms with Crippen LogP contribution >= 0.6 is 0 Å². The smallest absolute Gasteiger partial charge is 0.235 e. The van der Waals surface area contributed by atoms with Crippen LogP contribution in [0.1, 0.15) is 24.2 Å². The van der Waals surface area contributed by atoms with E-state index >= 15 is 0 Å². The third-order valence-electron chi connectivity index (χ3n) is 6.14. The van der Waals surface area contributed by atoms with Crippen LogP contribution in [0.2, 0.25) is 0 Å². The van der Waals surface area contributed by atoms with Crippen molar-refractivity contribution >= 4 is 11.6 Å². The highest BCUT2D eigenvalue weighted by Crippen LogP contribution is 2.36. The van der Waals surface area contributed by atoms with E-state index in [9.17, 15) is 4.79 Å². The van der Waals surface area contributed by atoms with E-state index in [1.54, 1.807) is 24.4 Å². The first-order chi connectivity index (χ1) is 16.6. The number of nitrogens with one attached hydrogen (secondary N) is 1. The van der Waals surface area contributed by atoms with Crippen LogP contribution in [0, 0.1) is 6.92 Å². The van der Waals surface area contributed by atoms with Crippen LogP contribution in [0.15, 0.2) is 79.4 Å². The number of amides is 1. The van der Waals surface area contributed by atoms with Crippen LogP contribution in [0.25, 0.3) is 5.82 Å². The van der Waals surface area contributed by atoms with E-state index in [1.165, 1.54) is 6.33 Å². The van der Waals surface area contributed by atoms with Gasteiger partial charge in [-0.05, 0) is 49.6 Å². The van der Waals surface area contributed by atoms with Gasteiger partial charge in [0.15, 0.2) is 0 Å². The van der Waals surface area contributed by atoms with Crippen LogP contribution in [-0.4, -0.2) is 38.6 Å². The molecule has 2 aromatic heterocycles. The number of carbonyl (C=O) groups excluding carboxylic acids is 1. The Balaban J connectivity index is 1.30. The van der Waals surface area contributed by atoms with Crippen molar-refractivity contribution in [2.75, 3.05) is 18.5 Å². The summed E-state index contributed by atoms with van der Waals surface area (Å²) in [6.45, 7) is 3.03. The Kier molecular flexibility index (Phi) is 6.05. The van der Waals surface area contributed by atoms with Crippen LogP contribution in [0.5, 0.6) is 11.6 Å².